The van der Waals surface area contributed by atoms with Crippen LogP contribution in [0.15, 0.2) is 5.16 Å². The quantitative estimate of drug-likeness (QED) is 0.342. The van der Waals surface area contributed by atoms with Crippen molar-refractivity contribution >= 4 is 67.5 Å². The Bertz CT molecular complexity index is 512. The smallest absolute Gasteiger partial charge is 0.190 e. The Morgan fingerprint density at radius 3 is 2.80 bits per heavy atom. The summed E-state index contributed by atoms with van der Waals surface area (Å²) in [6, 6.07) is 0. The lowest BCUT2D eigenvalue weighted by atomic mass is 10.3. The summed E-state index contributed by atoms with van der Waals surface area (Å²) >= 11 is 11.7. The van der Waals surface area contributed by atoms with Gasteiger partial charge >= 0.3 is 0 Å². The minimum absolute atomic E-state index is 0.574. The van der Waals surface area contributed by atoms with Gasteiger partial charge in [0.25, 0.3) is 0 Å². The van der Waals surface area contributed by atoms with Crippen molar-refractivity contribution in [1.82, 2.24) is 9.97 Å². The lowest BCUT2D eigenvalue weighted by molar-refractivity contribution is 1.01. The second kappa shape index (κ2) is 4.73. The van der Waals surface area contributed by atoms with Gasteiger partial charge in [-0.2, -0.15) is 0 Å². The Hall–Kier alpha value is 0.410. The van der Waals surface area contributed by atoms with E-state index in [9.17, 15) is 0 Å². The van der Waals surface area contributed by atoms with E-state index in [1.807, 2.05) is 6.26 Å². The van der Waals surface area contributed by atoms with Gasteiger partial charge in [0.15, 0.2) is 5.16 Å². The van der Waals surface area contributed by atoms with Gasteiger partial charge in [-0.25, -0.2) is 9.97 Å². The zero-order valence-corrected chi connectivity index (χ0v) is 12.7. The first-order valence-electron chi connectivity index (χ1n) is 4.35. The summed E-state index contributed by atoms with van der Waals surface area (Å²) in [5, 5.41) is 2.33. The van der Waals surface area contributed by atoms with Crippen molar-refractivity contribution in [3.8, 4) is 0 Å². The summed E-state index contributed by atoms with van der Waals surface area (Å²) in [6.45, 7) is 2.14. The molecule has 0 saturated carbocycles. The van der Waals surface area contributed by atoms with Gasteiger partial charge in [0.2, 0.25) is 0 Å². The van der Waals surface area contributed by atoms with Crippen LogP contribution in [0, 0.1) is 3.57 Å². The van der Waals surface area contributed by atoms with Gasteiger partial charge in [0.05, 0.1) is 5.39 Å². The Kier molecular flexibility index (Phi) is 3.75. The number of thiophene rings is 1. The zero-order chi connectivity index (χ0) is 11.0. The van der Waals surface area contributed by atoms with Crippen LogP contribution in [0.1, 0.15) is 11.8 Å². The van der Waals surface area contributed by atoms with Crippen LogP contribution in [-0.2, 0) is 6.42 Å². The second-order valence-electron chi connectivity index (χ2n) is 2.87. The maximum Gasteiger partial charge on any atom is 0.190 e. The van der Waals surface area contributed by atoms with E-state index in [0.29, 0.717) is 5.15 Å². The average molecular weight is 371 g/mol. The second-order valence-corrected chi connectivity index (χ2v) is 6.17. The monoisotopic (exact) mass is 370 g/mol. The number of hydrogen-bond acceptors (Lipinski definition) is 4. The molecule has 0 aromatic carbocycles. The summed E-state index contributed by atoms with van der Waals surface area (Å²) in [6.07, 6.45) is 2.97. The molecule has 0 bridgehead atoms. The van der Waals surface area contributed by atoms with Crippen LogP contribution in [0.5, 0.6) is 0 Å². The van der Waals surface area contributed by atoms with E-state index in [1.165, 1.54) is 20.2 Å². The van der Waals surface area contributed by atoms with E-state index in [-0.39, 0.29) is 0 Å². The first-order chi connectivity index (χ1) is 7.17. The number of fused-ring (bicyclic) bond motifs is 1. The van der Waals surface area contributed by atoms with E-state index in [4.69, 9.17) is 11.6 Å². The van der Waals surface area contributed by atoms with Crippen LogP contribution in [0.3, 0.4) is 0 Å². The Morgan fingerprint density at radius 1 is 1.47 bits per heavy atom. The molecule has 0 saturated heterocycles. The number of rotatable bonds is 2. The molecule has 6 heteroatoms. The van der Waals surface area contributed by atoms with Crippen LogP contribution in [0.4, 0.5) is 0 Å². The van der Waals surface area contributed by atoms with E-state index in [1.54, 1.807) is 11.3 Å². The molecule has 15 heavy (non-hydrogen) atoms. The molecular weight excluding hydrogens is 363 g/mol. The molecule has 80 valence electrons. The van der Waals surface area contributed by atoms with Crippen LogP contribution in [0.25, 0.3) is 10.2 Å². The van der Waals surface area contributed by atoms with Crippen LogP contribution in [-0.4, -0.2) is 16.2 Å². The van der Waals surface area contributed by atoms with Crippen molar-refractivity contribution in [3.63, 3.8) is 0 Å². The first kappa shape index (κ1) is 11.9. The molecule has 2 rings (SSSR count). The van der Waals surface area contributed by atoms with Gasteiger partial charge in [-0.1, -0.05) is 30.3 Å². The fraction of sp³-hybridized carbons (Fsp3) is 0.333. The van der Waals surface area contributed by atoms with Crippen molar-refractivity contribution < 1.29 is 0 Å². The Labute approximate surface area is 115 Å². The third kappa shape index (κ3) is 2.11. The van der Waals surface area contributed by atoms with Crippen LogP contribution >= 0.6 is 57.3 Å². The molecule has 0 aliphatic heterocycles. The van der Waals surface area contributed by atoms with E-state index >= 15 is 0 Å². The molecule has 2 heterocycles. The summed E-state index contributed by atoms with van der Waals surface area (Å²) in [7, 11) is 0. The highest BCUT2D eigenvalue weighted by Crippen LogP contribution is 2.36. The lowest BCUT2D eigenvalue weighted by Crippen LogP contribution is -1.87. The van der Waals surface area contributed by atoms with Crippen LogP contribution in [0.2, 0.25) is 5.15 Å². The highest BCUT2D eigenvalue weighted by atomic mass is 127. The molecule has 2 aromatic heterocycles. The molecule has 2 nitrogen and oxygen atoms in total. The Morgan fingerprint density at radius 2 is 2.20 bits per heavy atom. The predicted octanol–water partition coefficient (Wildman–Crippen LogP) is 4.23. The SMILES string of the molecule is CCc1sc2nc(SC)nc(Cl)c2c1I. The standard InChI is InChI=1S/C9H8ClIN2S2/c1-3-4-6(11)5-7(10)12-9(14-2)13-8(5)15-4/h3H2,1-2H3. The molecule has 0 radical (unpaired) electrons. The molecule has 2 aromatic rings. The van der Waals surface area contributed by atoms with Gasteiger partial charge in [-0.15, -0.1) is 11.3 Å². The topological polar surface area (TPSA) is 25.8 Å². The third-order valence-corrected chi connectivity index (χ3v) is 5.60. The van der Waals surface area contributed by atoms with E-state index in [0.717, 1.165) is 21.8 Å². The normalized spacial score (nSPS) is 11.2. The predicted molar refractivity (Wildman–Crippen MR) is 76.3 cm³/mol. The molecule has 0 fully saturated rings. The fourth-order valence-corrected chi connectivity index (χ4v) is 4.63. The molecule has 0 atom stereocenters. The van der Waals surface area contributed by atoms with Gasteiger partial charge in [-0.3, -0.25) is 0 Å². The lowest BCUT2D eigenvalue weighted by Gasteiger charge is -1.97. The summed E-state index contributed by atoms with van der Waals surface area (Å²) < 4.78 is 1.20. The van der Waals surface area contributed by atoms with Gasteiger partial charge in [0, 0.05) is 8.45 Å². The number of aryl methyl sites for hydroxylation is 1. The largest absolute Gasteiger partial charge is 0.211 e. The summed E-state index contributed by atoms with van der Waals surface area (Å²) in [5.74, 6) is 0. The van der Waals surface area contributed by atoms with Crippen molar-refractivity contribution in [2.45, 2.75) is 18.5 Å². The molecular formula is C9H8ClIN2S2. The molecule has 0 spiro atoms. The molecule has 0 aliphatic carbocycles. The van der Waals surface area contributed by atoms with E-state index in [2.05, 4.69) is 39.5 Å². The summed E-state index contributed by atoms with van der Waals surface area (Å²) in [4.78, 5) is 11.0. The molecule has 0 N–H and O–H groups in total. The highest BCUT2D eigenvalue weighted by molar-refractivity contribution is 14.1. The van der Waals surface area contributed by atoms with Crippen molar-refractivity contribution in [3.05, 3.63) is 13.6 Å². The minimum atomic E-state index is 0.574. The summed E-state index contributed by atoms with van der Waals surface area (Å²) in [5.41, 5.74) is 0. The first-order valence-corrected chi connectivity index (χ1v) is 7.85. The number of hydrogen-bond donors (Lipinski definition) is 0. The van der Waals surface area contributed by atoms with Crippen molar-refractivity contribution in [2.24, 2.45) is 0 Å². The van der Waals surface area contributed by atoms with Crippen molar-refractivity contribution in [2.75, 3.05) is 6.26 Å². The number of aromatic nitrogens is 2. The number of thioether (sulfide) groups is 1. The minimum Gasteiger partial charge on any atom is -0.211 e. The fourth-order valence-electron chi connectivity index (χ4n) is 1.27. The van der Waals surface area contributed by atoms with Gasteiger partial charge in [0.1, 0.15) is 9.98 Å². The number of halogens is 2. The average Bonchev–Trinajstić information content (AvgIpc) is 2.55. The van der Waals surface area contributed by atoms with Crippen LogP contribution < -0.4 is 0 Å². The van der Waals surface area contributed by atoms with Crippen molar-refractivity contribution in [1.29, 1.82) is 0 Å². The van der Waals surface area contributed by atoms with Gasteiger partial charge < -0.3 is 0 Å². The maximum absolute atomic E-state index is 6.15. The zero-order valence-electron chi connectivity index (χ0n) is 8.17. The molecule has 0 unspecified atom stereocenters. The van der Waals surface area contributed by atoms with E-state index < -0.39 is 0 Å². The van der Waals surface area contributed by atoms with Gasteiger partial charge in [-0.05, 0) is 35.3 Å². The third-order valence-electron chi connectivity index (χ3n) is 2.00. The molecule has 0 amide bonds. The Balaban J connectivity index is 2.77. The molecule has 0 aliphatic rings. The maximum atomic E-state index is 6.15. The highest BCUT2D eigenvalue weighted by Gasteiger charge is 2.14. The number of nitrogens with zero attached hydrogens (tertiary/aromatic N) is 2.